The van der Waals surface area contributed by atoms with Gasteiger partial charge in [-0.05, 0) is 67.4 Å². The van der Waals surface area contributed by atoms with E-state index in [1.807, 2.05) is 32.0 Å². The Balaban J connectivity index is 1.64. The van der Waals surface area contributed by atoms with E-state index in [0.29, 0.717) is 22.9 Å². The van der Waals surface area contributed by atoms with Gasteiger partial charge in [-0.25, -0.2) is 0 Å². The van der Waals surface area contributed by atoms with Crippen LogP contribution in [0.1, 0.15) is 21.7 Å². The molecule has 0 aliphatic rings. The molecule has 150 valence electrons. The molecule has 7 heteroatoms. The molecule has 0 aliphatic heterocycles. The van der Waals surface area contributed by atoms with Gasteiger partial charge in [0.25, 0.3) is 11.8 Å². The minimum atomic E-state index is -0.421. The maximum atomic E-state index is 12.2. The Kier molecular flexibility index (Phi) is 6.19. The van der Waals surface area contributed by atoms with Crippen LogP contribution in [-0.4, -0.2) is 25.5 Å². The lowest BCUT2D eigenvalue weighted by Gasteiger charge is -2.13. The molecular weight excluding hydrogens is 372 g/mol. The number of benzene rings is 2. The summed E-state index contributed by atoms with van der Waals surface area (Å²) in [5, 5.41) is 5.45. The summed E-state index contributed by atoms with van der Waals surface area (Å²) in [5.41, 5.74) is 3.15. The molecule has 7 nitrogen and oxygen atoms in total. The van der Waals surface area contributed by atoms with Gasteiger partial charge in [0.2, 0.25) is 0 Å². The van der Waals surface area contributed by atoms with Crippen molar-refractivity contribution in [3.63, 3.8) is 0 Å². The maximum Gasteiger partial charge on any atom is 0.291 e. The van der Waals surface area contributed by atoms with Gasteiger partial charge in [0.15, 0.2) is 12.4 Å². The lowest BCUT2D eigenvalue weighted by Crippen LogP contribution is -2.20. The van der Waals surface area contributed by atoms with Crippen LogP contribution < -0.4 is 20.1 Å². The predicted octanol–water partition coefficient (Wildman–Crippen LogP) is 4.17. The van der Waals surface area contributed by atoms with E-state index < -0.39 is 5.91 Å². The lowest BCUT2D eigenvalue weighted by atomic mass is 10.1. The van der Waals surface area contributed by atoms with Gasteiger partial charge < -0.3 is 24.5 Å². The van der Waals surface area contributed by atoms with Gasteiger partial charge in [-0.15, -0.1) is 0 Å². The molecule has 2 aromatic carbocycles. The fourth-order valence-electron chi connectivity index (χ4n) is 2.62. The largest absolute Gasteiger partial charge is 0.495 e. The second kappa shape index (κ2) is 8.97. The quantitative estimate of drug-likeness (QED) is 0.628. The average Bonchev–Trinajstić information content (AvgIpc) is 3.24. The number of anilines is 2. The fraction of sp³-hybridized carbons (Fsp3) is 0.182. The zero-order valence-electron chi connectivity index (χ0n) is 16.4. The summed E-state index contributed by atoms with van der Waals surface area (Å²) in [5.74, 6) is 0.508. The highest BCUT2D eigenvalue weighted by Gasteiger charge is 2.13. The van der Waals surface area contributed by atoms with Crippen LogP contribution in [0.15, 0.2) is 59.2 Å². The van der Waals surface area contributed by atoms with E-state index in [0.717, 1.165) is 11.1 Å². The van der Waals surface area contributed by atoms with Crippen LogP contribution in [0.25, 0.3) is 0 Å². The molecule has 0 fully saturated rings. The maximum absolute atomic E-state index is 12.2. The van der Waals surface area contributed by atoms with Gasteiger partial charge in [-0.2, -0.15) is 0 Å². The predicted molar refractivity (Wildman–Crippen MR) is 110 cm³/mol. The van der Waals surface area contributed by atoms with E-state index in [-0.39, 0.29) is 18.3 Å². The van der Waals surface area contributed by atoms with Crippen LogP contribution in [0.4, 0.5) is 11.4 Å². The first kappa shape index (κ1) is 20.0. The summed E-state index contributed by atoms with van der Waals surface area (Å²) in [6.45, 7) is 3.86. The van der Waals surface area contributed by atoms with Crippen molar-refractivity contribution in [2.75, 3.05) is 24.4 Å². The number of nitrogens with one attached hydrogen (secondary N) is 2. The van der Waals surface area contributed by atoms with E-state index in [9.17, 15) is 9.59 Å². The van der Waals surface area contributed by atoms with Crippen molar-refractivity contribution >= 4 is 23.2 Å². The lowest BCUT2D eigenvalue weighted by molar-refractivity contribution is -0.118. The Hall–Kier alpha value is -3.74. The van der Waals surface area contributed by atoms with Crippen molar-refractivity contribution in [3.05, 3.63) is 71.7 Å². The second-order valence-electron chi connectivity index (χ2n) is 6.43. The number of hydrogen-bond donors (Lipinski definition) is 2. The summed E-state index contributed by atoms with van der Waals surface area (Å²) < 4.78 is 15.9. The molecule has 0 bridgehead atoms. The van der Waals surface area contributed by atoms with Crippen LogP contribution in [0.5, 0.6) is 11.5 Å². The van der Waals surface area contributed by atoms with Crippen molar-refractivity contribution < 1.29 is 23.5 Å². The molecule has 0 spiro atoms. The molecule has 0 radical (unpaired) electrons. The van der Waals surface area contributed by atoms with Gasteiger partial charge in [0, 0.05) is 5.69 Å². The van der Waals surface area contributed by atoms with E-state index in [1.54, 1.807) is 30.3 Å². The van der Waals surface area contributed by atoms with Gasteiger partial charge in [0.1, 0.15) is 11.5 Å². The highest BCUT2D eigenvalue weighted by atomic mass is 16.5. The third-order valence-corrected chi connectivity index (χ3v) is 4.32. The van der Waals surface area contributed by atoms with Crippen LogP contribution >= 0.6 is 0 Å². The summed E-state index contributed by atoms with van der Waals surface area (Å²) in [7, 11) is 1.49. The number of rotatable bonds is 7. The Labute approximate surface area is 168 Å². The van der Waals surface area contributed by atoms with Gasteiger partial charge in [-0.1, -0.05) is 6.07 Å². The van der Waals surface area contributed by atoms with Gasteiger partial charge >= 0.3 is 0 Å². The molecule has 0 saturated carbocycles. The van der Waals surface area contributed by atoms with Crippen molar-refractivity contribution in [2.24, 2.45) is 0 Å². The number of furan rings is 1. The van der Waals surface area contributed by atoms with Crippen LogP contribution in [0.3, 0.4) is 0 Å². The summed E-state index contributed by atoms with van der Waals surface area (Å²) in [6.07, 6.45) is 1.42. The Morgan fingerprint density at radius 1 is 1.00 bits per heavy atom. The van der Waals surface area contributed by atoms with Crippen molar-refractivity contribution in [1.82, 2.24) is 0 Å². The van der Waals surface area contributed by atoms with Gasteiger partial charge in [0.05, 0.1) is 19.1 Å². The molecule has 0 saturated heterocycles. The molecular formula is C22H22N2O5. The first-order valence-corrected chi connectivity index (χ1v) is 8.99. The minimum absolute atomic E-state index is 0.136. The first-order chi connectivity index (χ1) is 14.0. The number of amides is 2. The van der Waals surface area contributed by atoms with Crippen molar-refractivity contribution in [2.45, 2.75) is 13.8 Å². The number of carbonyl (C=O) groups excluding carboxylic acids is 2. The Morgan fingerprint density at radius 2 is 1.83 bits per heavy atom. The highest BCUT2D eigenvalue weighted by molar-refractivity contribution is 6.03. The summed E-state index contributed by atoms with van der Waals surface area (Å²) >= 11 is 0. The molecule has 3 rings (SSSR count). The number of hydrogen-bond acceptors (Lipinski definition) is 5. The molecule has 0 aliphatic carbocycles. The molecule has 0 atom stereocenters. The van der Waals surface area contributed by atoms with Crippen LogP contribution in [0.2, 0.25) is 0 Å². The number of methoxy groups -OCH3 is 1. The number of ether oxygens (including phenoxy) is 2. The van der Waals surface area contributed by atoms with E-state index in [1.165, 1.54) is 13.4 Å². The minimum Gasteiger partial charge on any atom is -0.495 e. The molecule has 29 heavy (non-hydrogen) atoms. The molecule has 2 amide bonds. The first-order valence-electron chi connectivity index (χ1n) is 8.99. The smallest absolute Gasteiger partial charge is 0.291 e. The number of carbonyl (C=O) groups is 2. The Morgan fingerprint density at radius 3 is 2.52 bits per heavy atom. The number of aryl methyl sites for hydroxylation is 2. The normalized spacial score (nSPS) is 10.3. The van der Waals surface area contributed by atoms with Crippen LogP contribution in [0, 0.1) is 13.8 Å². The fourth-order valence-corrected chi connectivity index (χ4v) is 2.62. The second-order valence-corrected chi connectivity index (χ2v) is 6.43. The zero-order valence-corrected chi connectivity index (χ0v) is 16.4. The molecule has 1 heterocycles. The summed E-state index contributed by atoms with van der Waals surface area (Å²) in [4.78, 5) is 24.5. The SMILES string of the molecule is COc1ccc(NC(=O)COc2ccc(C)c(C)c2)cc1NC(=O)c1ccco1. The van der Waals surface area contributed by atoms with E-state index in [2.05, 4.69) is 10.6 Å². The van der Waals surface area contributed by atoms with Crippen molar-refractivity contribution in [3.8, 4) is 11.5 Å². The third-order valence-electron chi connectivity index (χ3n) is 4.32. The van der Waals surface area contributed by atoms with E-state index in [4.69, 9.17) is 13.9 Å². The Bertz CT molecular complexity index is 1010. The standard InChI is InChI=1S/C22H22N2O5/c1-14-6-8-17(11-15(14)2)29-13-21(25)23-16-7-9-19(27-3)18(12-16)24-22(26)20-5-4-10-28-20/h4-12H,13H2,1-3H3,(H,23,25)(H,24,26). The third kappa shape index (κ3) is 5.16. The molecule has 3 aromatic rings. The van der Waals surface area contributed by atoms with Crippen LogP contribution in [-0.2, 0) is 4.79 Å². The highest BCUT2D eigenvalue weighted by Crippen LogP contribution is 2.28. The monoisotopic (exact) mass is 394 g/mol. The van der Waals surface area contributed by atoms with Gasteiger partial charge in [-0.3, -0.25) is 9.59 Å². The zero-order chi connectivity index (χ0) is 20.8. The van der Waals surface area contributed by atoms with Crippen molar-refractivity contribution in [1.29, 1.82) is 0 Å². The topological polar surface area (TPSA) is 89.8 Å². The molecule has 2 N–H and O–H groups in total. The summed E-state index contributed by atoms with van der Waals surface area (Å²) in [6, 6.07) is 13.8. The molecule has 1 aromatic heterocycles. The van der Waals surface area contributed by atoms with E-state index >= 15 is 0 Å². The molecule has 0 unspecified atom stereocenters. The average molecular weight is 394 g/mol.